The molecule has 0 spiro atoms. The van der Waals surface area contributed by atoms with Crippen molar-refractivity contribution in [3.63, 3.8) is 0 Å². The second-order valence-electron chi connectivity index (χ2n) is 5.59. The molecule has 0 aromatic heterocycles. The van der Waals surface area contributed by atoms with Crippen molar-refractivity contribution in [3.05, 3.63) is 23.8 Å². The number of aliphatic hydroxyl groups excluding tert-OH is 1. The van der Waals surface area contributed by atoms with E-state index in [1.807, 2.05) is 0 Å². The zero-order valence-electron chi connectivity index (χ0n) is 11.7. The Balaban J connectivity index is 2.33. The molecule has 1 heterocycles. The van der Waals surface area contributed by atoms with Gasteiger partial charge < -0.3 is 24.4 Å². The van der Waals surface area contributed by atoms with E-state index < -0.39 is 23.8 Å². The van der Waals surface area contributed by atoms with Gasteiger partial charge in [0, 0.05) is 5.56 Å². The highest BCUT2D eigenvalue weighted by atomic mass is 16.7. The third-order valence-corrected chi connectivity index (χ3v) is 2.82. The number of fused-ring (bicyclic) bond motifs is 1. The minimum Gasteiger partial charge on any atom is -0.458 e. The first-order chi connectivity index (χ1) is 9.26. The lowest BCUT2D eigenvalue weighted by molar-refractivity contribution is -0.182. The molecule has 2 N–H and O–H groups in total. The van der Waals surface area contributed by atoms with Crippen LogP contribution in [0.2, 0.25) is 0 Å². The van der Waals surface area contributed by atoms with E-state index >= 15 is 0 Å². The van der Waals surface area contributed by atoms with Crippen LogP contribution in [0.15, 0.2) is 18.2 Å². The first kappa shape index (κ1) is 14.6. The van der Waals surface area contributed by atoms with Crippen molar-refractivity contribution in [2.24, 2.45) is 0 Å². The van der Waals surface area contributed by atoms with Crippen LogP contribution in [0.3, 0.4) is 0 Å². The average Bonchev–Trinajstić information content (AvgIpc) is 2.82. The van der Waals surface area contributed by atoms with Gasteiger partial charge >= 0.3 is 5.97 Å². The minimum absolute atomic E-state index is 0.0861. The number of carbonyl (C=O) groups excluding carboxylic acids is 1. The fourth-order valence-electron chi connectivity index (χ4n) is 1.79. The van der Waals surface area contributed by atoms with Crippen molar-refractivity contribution < 1.29 is 29.2 Å². The van der Waals surface area contributed by atoms with Gasteiger partial charge in [-0.2, -0.15) is 0 Å². The largest absolute Gasteiger partial charge is 0.458 e. The third-order valence-electron chi connectivity index (χ3n) is 2.82. The normalized spacial score (nSPS) is 16.6. The van der Waals surface area contributed by atoms with Crippen LogP contribution in [0.4, 0.5) is 0 Å². The lowest BCUT2D eigenvalue weighted by Gasteiger charge is -2.29. The molecule has 0 saturated heterocycles. The molecule has 6 heteroatoms. The van der Waals surface area contributed by atoms with Gasteiger partial charge in [-0.3, -0.25) is 0 Å². The van der Waals surface area contributed by atoms with E-state index in [0.717, 1.165) is 0 Å². The van der Waals surface area contributed by atoms with Crippen molar-refractivity contribution in [1.29, 1.82) is 0 Å². The predicted molar refractivity (Wildman–Crippen MR) is 69.4 cm³/mol. The van der Waals surface area contributed by atoms with E-state index in [0.29, 0.717) is 11.5 Å². The first-order valence-electron chi connectivity index (χ1n) is 6.23. The van der Waals surface area contributed by atoms with Crippen LogP contribution >= 0.6 is 0 Å². The molecule has 0 radical (unpaired) electrons. The average molecular weight is 282 g/mol. The molecule has 0 fully saturated rings. The summed E-state index contributed by atoms with van der Waals surface area (Å²) in [6, 6.07) is 4.53. The van der Waals surface area contributed by atoms with Crippen molar-refractivity contribution >= 4 is 5.97 Å². The first-order valence-corrected chi connectivity index (χ1v) is 6.23. The molecule has 1 aromatic rings. The van der Waals surface area contributed by atoms with E-state index in [-0.39, 0.29) is 12.4 Å². The Morgan fingerprint density at radius 2 is 1.95 bits per heavy atom. The highest BCUT2D eigenvalue weighted by Crippen LogP contribution is 2.36. The molecule has 1 atom stereocenters. The number of hydrogen-bond acceptors (Lipinski definition) is 6. The standard InChI is InChI=1S/C14H18O6/c1-13(2,3)20-12(16)14(17,7-15)9-4-5-10-11(6-9)19-8-18-10/h4-6,15,17H,7-8H2,1-3H3/t14-/m0/s1. The van der Waals surface area contributed by atoms with Crippen LogP contribution < -0.4 is 9.47 Å². The summed E-state index contributed by atoms with van der Waals surface area (Å²) >= 11 is 0. The second kappa shape index (κ2) is 4.96. The molecule has 110 valence electrons. The van der Waals surface area contributed by atoms with Crippen molar-refractivity contribution in [3.8, 4) is 11.5 Å². The molecule has 20 heavy (non-hydrogen) atoms. The summed E-state index contributed by atoms with van der Waals surface area (Å²) < 4.78 is 15.5. The van der Waals surface area contributed by atoms with Crippen LogP contribution in [0.5, 0.6) is 11.5 Å². The SMILES string of the molecule is CC(C)(C)OC(=O)[C@](O)(CO)c1ccc2c(c1)OCO2. The molecular formula is C14H18O6. The Labute approximate surface area is 116 Å². The maximum absolute atomic E-state index is 12.1. The molecule has 0 unspecified atom stereocenters. The molecule has 1 aromatic carbocycles. The number of ether oxygens (including phenoxy) is 3. The van der Waals surface area contributed by atoms with E-state index in [1.165, 1.54) is 12.1 Å². The van der Waals surface area contributed by atoms with Crippen LogP contribution in [0.1, 0.15) is 26.3 Å². The van der Waals surface area contributed by atoms with Crippen LogP contribution in [-0.4, -0.2) is 35.2 Å². The van der Waals surface area contributed by atoms with Gasteiger partial charge in [0.25, 0.3) is 0 Å². The zero-order valence-corrected chi connectivity index (χ0v) is 11.7. The maximum atomic E-state index is 12.1. The summed E-state index contributed by atoms with van der Waals surface area (Å²) in [7, 11) is 0. The Kier molecular flexibility index (Phi) is 3.62. The third kappa shape index (κ3) is 2.71. The zero-order chi connectivity index (χ0) is 15.0. The van der Waals surface area contributed by atoms with Crippen molar-refractivity contribution in [1.82, 2.24) is 0 Å². The molecule has 1 aliphatic heterocycles. The number of hydrogen-bond donors (Lipinski definition) is 2. The summed E-state index contributed by atoms with van der Waals surface area (Å²) in [6.07, 6.45) is 0. The molecule has 6 nitrogen and oxygen atoms in total. The van der Waals surface area contributed by atoms with Gasteiger partial charge in [-0.15, -0.1) is 0 Å². The number of esters is 1. The molecule has 0 bridgehead atoms. The second-order valence-corrected chi connectivity index (χ2v) is 5.59. The molecule has 0 saturated carbocycles. The highest BCUT2D eigenvalue weighted by molar-refractivity contribution is 5.82. The van der Waals surface area contributed by atoms with Gasteiger partial charge in [0.2, 0.25) is 12.4 Å². The Bertz CT molecular complexity index is 519. The Morgan fingerprint density at radius 3 is 2.55 bits per heavy atom. The topological polar surface area (TPSA) is 85.2 Å². The molecule has 2 rings (SSSR count). The monoisotopic (exact) mass is 282 g/mol. The van der Waals surface area contributed by atoms with E-state index in [9.17, 15) is 15.0 Å². The van der Waals surface area contributed by atoms with Gasteiger partial charge in [0.1, 0.15) is 5.60 Å². The number of carbonyl (C=O) groups is 1. The van der Waals surface area contributed by atoms with E-state index in [4.69, 9.17) is 14.2 Å². The lowest BCUT2D eigenvalue weighted by atomic mass is 9.94. The number of benzene rings is 1. The summed E-state index contributed by atoms with van der Waals surface area (Å²) in [5.41, 5.74) is -2.70. The molecule has 1 aliphatic rings. The molecule has 0 amide bonds. The minimum atomic E-state index is -2.13. The van der Waals surface area contributed by atoms with Crippen LogP contribution in [0.25, 0.3) is 0 Å². The Hall–Kier alpha value is -1.79. The fraction of sp³-hybridized carbons (Fsp3) is 0.500. The van der Waals surface area contributed by atoms with Gasteiger partial charge in [0.15, 0.2) is 11.5 Å². The summed E-state index contributed by atoms with van der Waals surface area (Å²) in [4.78, 5) is 12.1. The van der Waals surface area contributed by atoms with Crippen LogP contribution in [0, 0.1) is 0 Å². The van der Waals surface area contributed by atoms with Crippen LogP contribution in [-0.2, 0) is 15.1 Å². The van der Waals surface area contributed by atoms with Gasteiger partial charge in [-0.25, -0.2) is 4.79 Å². The molecule has 0 aliphatic carbocycles. The molecular weight excluding hydrogens is 264 g/mol. The summed E-state index contributed by atoms with van der Waals surface area (Å²) in [5, 5.41) is 19.9. The highest BCUT2D eigenvalue weighted by Gasteiger charge is 2.42. The maximum Gasteiger partial charge on any atom is 0.345 e. The predicted octanol–water partition coefficient (Wildman–Crippen LogP) is 0.937. The van der Waals surface area contributed by atoms with Gasteiger partial charge in [-0.05, 0) is 32.9 Å². The fourth-order valence-corrected chi connectivity index (χ4v) is 1.79. The number of rotatable bonds is 3. The smallest absolute Gasteiger partial charge is 0.345 e. The van der Waals surface area contributed by atoms with E-state index in [2.05, 4.69) is 0 Å². The Morgan fingerprint density at radius 1 is 1.30 bits per heavy atom. The van der Waals surface area contributed by atoms with Crippen molar-refractivity contribution in [2.75, 3.05) is 13.4 Å². The number of aliphatic hydroxyl groups is 2. The van der Waals surface area contributed by atoms with Gasteiger partial charge in [-0.1, -0.05) is 6.07 Å². The summed E-state index contributed by atoms with van der Waals surface area (Å²) in [6.45, 7) is 4.34. The van der Waals surface area contributed by atoms with Gasteiger partial charge in [0.05, 0.1) is 6.61 Å². The van der Waals surface area contributed by atoms with Crippen molar-refractivity contribution in [2.45, 2.75) is 32.0 Å². The quantitative estimate of drug-likeness (QED) is 0.802. The summed E-state index contributed by atoms with van der Waals surface area (Å²) in [5.74, 6) is 0.0301. The van der Waals surface area contributed by atoms with E-state index in [1.54, 1.807) is 26.8 Å². The lowest BCUT2D eigenvalue weighted by Crippen LogP contribution is -2.44.